The molecule has 0 aromatic carbocycles. The van der Waals surface area contributed by atoms with Crippen LogP contribution >= 0.6 is 0 Å². The Balaban J connectivity index is 2.83. The molecule has 0 heterocycles. The molecule has 0 bridgehead atoms. The maximum Gasteiger partial charge on any atom is 0.0696 e. The van der Waals surface area contributed by atoms with Gasteiger partial charge in [0.2, 0.25) is 0 Å². The van der Waals surface area contributed by atoms with E-state index in [-0.39, 0.29) is 17.9 Å². The van der Waals surface area contributed by atoms with Gasteiger partial charge in [-0.15, -0.1) is 0 Å². The minimum atomic E-state index is -0.257. The lowest BCUT2D eigenvalue weighted by atomic mass is 9.62. The molecular formula is C11H19NO. The van der Waals surface area contributed by atoms with E-state index >= 15 is 0 Å². The summed E-state index contributed by atoms with van der Waals surface area (Å²) in [5.41, 5.74) is -0.257. The van der Waals surface area contributed by atoms with E-state index in [1.807, 2.05) is 6.92 Å². The van der Waals surface area contributed by atoms with Crippen molar-refractivity contribution in [3.05, 3.63) is 0 Å². The highest BCUT2D eigenvalue weighted by molar-refractivity contribution is 5.06. The number of nitrogens with zero attached hydrogens (tertiary/aromatic N) is 1. The monoisotopic (exact) mass is 181 g/mol. The van der Waals surface area contributed by atoms with E-state index < -0.39 is 0 Å². The van der Waals surface area contributed by atoms with Crippen molar-refractivity contribution in [3.63, 3.8) is 0 Å². The van der Waals surface area contributed by atoms with E-state index in [4.69, 9.17) is 5.11 Å². The predicted octanol–water partition coefficient (Wildman–Crippen LogP) is 2.33. The van der Waals surface area contributed by atoms with E-state index in [0.717, 1.165) is 19.3 Å². The molecule has 0 amide bonds. The first-order chi connectivity index (χ1) is 6.17. The zero-order valence-corrected chi connectivity index (χ0v) is 8.58. The van der Waals surface area contributed by atoms with Crippen LogP contribution in [-0.4, -0.2) is 11.7 Å². The van der Waals surface area contributed by atoms with Gasteiger partial charge in [-0.1, -0.05) is 26.7 Å². The Morgan fingerprint density at radius 2 is 2.31 bits per heavy atom. The Kier molecular flexibility index (Phi) is 3.33. The smallest absolute Gasteiger partial charge is 0.0696 e. The molecule has 0 aromatic heterocycles. The third kappa shape index (κ3) is 1.71. The minimum Gasteiger partial charge on any atom is -0.396 e. The maximum absolute atomic E-state index is 9.25. The quantitative estimate of drug-likeness (QED) is 0.710. The normalized spacial score (nSPS) is 36.6. The molecule has 2 nitrogen and oxygen atoms in total. The molecule has 1 aliphatic rings. The molecule has 74 valence electrons. The fourth-order valence-corrected chi connectivity index (χ4v) is 2.54. The Hall–Kier alpha value is -0.550. The van der Waals surface area contributed by atoms with Crippen molar-refractivity contribution in [1.29, 1.82) is 5.26 Å². The van der Waals surface area contributed by atoms with Gasteiger partial charge in [0.25, 0.3) is 0 Å². The Morgan fingerprint density at radius 3 is 2.77 bits per heavy atom. The van der Waals surface area contributed by atoms with Crippen molar-refractivity contribution in [2.75, 3.05) is 6.61 Å². The van der Waals surface area contributed by atoms with Crippen LogP contribution in [0.4, 0.5) is 0 Å². The van der Waals surface area contributed by atoms with Crippen molar-refractivity contribution in [2.45, 2.75) is 39.5 Å². The van der Waals surface area contributed by atoms with Crippen LogP contribution in [0.3, 0.4) is 0 Å². The fourth-order valence-electron chi connectivity index (χ4n) is 2.54. The summed E-state index contributed by atoms with van der Waals surface area (Å²) < 4.78 is 0. The summed E-state index contributed by atoms with van der Waals surface area (Å²) in [7, 11) is 0. The summed E-state index contributed by atoms with van der Waals surface area (Å²) in [5.74, 6) is 0.557. The first kappa shape index (κ1) is 10.5. The van der Waals surface area contributed by atoms with E-state index in [9.17, 15) is 5.26 Å². The second kappa shape index (κ2) is 4.11. The van der Waals surface area contributed by atoms with Crippen molar-refractivity contribution in [2.24, 2.45) is 17.3 Å². The lowest BCUT2D eigenvalue weighted by Gasteiger charge is -2.40. The molecule has 13 heavy (non-hydrogen) atoms. The summed E-state index contributed by atoms with van der Waals surface area (Å²) in [5, 5.41) is 18.4. The summed E-state index contributed by atoms with van der Waals surface area (Å²) in [6.07, 6.45) is 4.48. The number of aliphatic hydroxyl groups is 1. The zero-order valence-electron chi connectivity index (χ0n) is 8.58. The minimum absolute atomic E-state index is 0.118. The van der Waals surface area contributed by atoms with Crippen LogP contribution in [0, 0.1) is 28.6 Å². The first-order valence-corrected chi connectivity index (χ1v) is 5.19. The fraction of sp³-hybridized carbons (Fsp3) is 0.909. The van der Waals surface area contributed by atoms with E-state index in [2.05, 4.69) is 13.0 Å². The third-order valence-corrected chi connectivity index (χ3v) is 3.72. The zero-order chi connectivity index (χ0) is 9.90. The van der Waals surface area contributed by atoms with Crippen LogP contribution in [0.1, 0.15) is 39.5 Å². The maximum atomic E-state index is 9.25. The topological polar surface area (TPSA) is 44.0 Å². The van der Waals surface area contributed by atoms with Crippen LogP contribution in [0.25, 0.3) is 0 Å². The SMILES string of the molecule is CC(CO)C1(C#N)CCCCC1C. The van der Waals surface area contributed by atoms with Crippen molar-refractivity contribution >= 4 is 0 Å². The predicted molar refractivity (Wildman–Crippen MR) is 51.9 cm³/mol. The Labute approximate surface area is 80.6 Å². The van der Waals surface area contributed by atoms with Gasteiger partial charge in [-0.05, 0) is 24.7 Å². The second-order valence-electron chi connectivity index (χ2n) is 4.38. The number of hydrogen-bond acceptors (Lipinski definition) is 2. The molecule has 1 N–H and O–H groups in total. The van der Waals surface area contributed by atoms with Crippen molar-refractivity contribution < 1.29 is 5.11 Å². The van der Waals surface area contributed by atoms with Crippen LogP contribution in [0.15, 0.2) is 0 Å². The van der Waals surface area contributed by atoms with Gasteiger partial charge in [-0.3, -0.25) is 0 Å². The Morgan fingerprint density at radius 1 is 1.62 bits per heavy atom. The molecule has 3 unspecified atom stereocenters. The molecule has 0 aromatic rings. The standard InChI is InChI=1S/C11H19NO/c1-9-5-3-4-6-11(9,8-12)10(2)7-13/h9-10,13H,3-7H2,1-2H3. The van der Waals surface area contributed by atoms with Gasteiger partial charge in [0.15, 0.2) is 0 Å². The highest BCUT2D eigenvalue weighted by Crippen LogP contribution is 2.45. The summed E-state index contributed by atoms with van der Waals surface area (Å²) in [6, 6.07) is 2.46. The Bertz CT molecular complexity index is 203. The average molecular weight is 181 g/mol. The van der Waals surface area contributed by atoms with Gasteiger partial charge in [0.1, 0.15) is 0 Å². The number of aliphatic hydroxyl groups excluding tert-OH is 1. The van der Waals surface area contributed by atoms with Gasteiger partial charge < -0.3 is 5.11 Å². The second-order valence-corrected chi connectivity index (χ2v) is 4.38. The molecule has 0 saturated heterocycles. The third-order valence-electron chi connectivity index (χ3n) is 3.72. The van der Waals surface area contributed by atoms with E-state index in [0.29, 0.717) is 5.92 Å². The molecule has 1 fully saturated rings. The van der Waals surface area contributed by atoms with Crippen LogP contribution < -0.4 is 0 Å². The van der Waals surface area contributed by atoms with Crippen molar-refractivity contribution in [1.82, 2.24) is 0 Å². The number of rotatable bonds is 2. The summed E-state index contributed by atoms with van der Waals surface area (Å²) in [4.78, 5) is 0. The molecule has 0 radical (unpaired) electrons. The molecule has 1 aliphatic carbocycles. The largest absolute Gasteiger partial charge is 0.396 e. The van der Waals surface area contributed by atoms with Gasteiger partial charge in [-0.25, -0.2) is 0 Å². The number of hydrogen-bond donors (Lipinski definition) is 1. The van der Waals surface area contributed by atoms with E-state index in [1.54, 1.807) is 0 Å². The molecular weight excluding hydrogens is 162 g/mol. The lowest BCUT2D eigenvalue weighted by Crippen LogP contribution is -2.38. The van der Waals surface area contributed by atoms with Gasteiger partial charge in [0, 0.05) is 6.61 Å². The molecule has 0 aliphatic heterocycles. The highest BCUT2D eigenvalue weighted by Gasteiger charge is 2.42. The molecule has 0 spiro atoms. The van der Waals surface area contributed by atoms with Crippen LogP contribution in [-0.2, 0) is 0 Å². The lowest BCUT2D eigenvalue weighted by molar-refractivity contribution is 0.0627. The molecule has 2 heteroatoms. The van der Waals surface area contributed by atoms with E-state index in [1.165, 1.54) is 6.42 Å². The summed E-state index contributed by atoms with van der Waals surface area (Å²) in [6.45, 7) is 4.28. The van der Waals surface area contributed by atoms with Gasteiger partial charge in [-0.2, -0.15) is 5.26 Å². The number of nitriles is 1. The molecule has 1 rings (SSSR count). The van der Waals surface area contributed by atoms with Gasteiger partial charge >= 0.3 is 0 Å². The highest BCUT2D eigenvalue weighted by atomic mass is 16.3. The molecule has 1 saturated carbocycles. The van der Waals surface area contributed by atoms with Crippen LogP contribution in [0.5, 0.6) is 0 Å². The summed E-state index contributed by atoms with van der Waals surface area (Å²) >= 11 is 0. The van der Waals surface area contributed by atoms with Crippen LogP contribution in [0.2, 0.25) is 0 Å². The average Bonchev–Trinajstić information content (AvgIpc) is 2.18. The molecule has 3 atom stereocenters. The van der Waals surface area contributed by atoms with Gasteiger partial charge in [0.05, 0.1) is 11.5 Å². The van der Waals surface area contributed by atoms with Crippen molar-refractivity contribution in [3.8, 4) is 6.07 Å². The first-order valence-electron chi connectivity index (χ1n) is 5.19.